The van der Waals surface area contributed by atoms with Gasteiger partial charge < -0.3 is 20.1 Å². The van der Waals surface area contributed by atoms with Crippen molar-refractivity contribution in [3.63, 3.8) is 0 Å². The largest absolute Gasteiger partial charge is 0.493 e. The van der Waals surface area contributed by atoms with E-state index in [9.17, 15) is 18.0 Å². The molecule has 10 nitrogen and oxygen atoms in total. The standard InChI is InChI=1S/C20H20N4O6S2/c1-12(25)24-32(27,28)15-7-4-13(5-8-15)21-19(26)16-11-31-20(23-16)22-14-6-9-17(29-2)18(10-14)30-3/h4-11H,1-3H3,(H,21,26)(H,22,23)(H,24,25). The number of nitrogens with one attached hydrogen (secondary N) is 3. The number of methoxy groups -OCH3 is 2. The second kappa shape index (κ2) is 9.66. The van der Waals surface area contributed by atoms with Gasteiger partial charge in [0.25, 0.3) is 15.9 Å². The zero-order chi connectivity index (χ0) is 23.3. The van der Waals surface area contributed by atoms with Crippen molar-refractivity contribution < 1.29 is 27.5 Å². The van der Waals surface area contributed by atoms with Gasteiger partial charge in [0.2, 0.25) is 5.91 Å². The fraction of sp³-hybridized carbons (Fsp3) is 0.150. The molecule has 3 N–H and O–H groups in total. The summed E-state index contributed by atoms with van der Waals surface area (Å²) in [4.78, 5) is 27.7. The van der Waals surface area contributed by atoms with Crippen LogP contribution in [0.15, 0.2) is 52.7 Å². The molecule has 0 spiro atoms. The molecular formula is C20H20N4O6S2. The van der Waals surface area contributed by atoms with Crippen molar-refractivity contribution in [2.45, 2.75) is 11.8 Å². The summed E-state index contributed by atoms with van der Waals surface area (Å²) < 4.78 is 36.3. The molecule has 3 aromatic rings. The van der Waals surface area contributed by atoms with Crippen LogP contribution in [0.2, 0.25) is 0 Å². The lowest BCUT2D eigenvalue weighted by Gasteiger charge is -2.09. The molecule has 0 unspecified atom stereocenters. The Morgan fingerprint density at radius 3 is 2.25 bits per heavy atom. The Labute approximate surface area is 188 Å². The maximum absolute atomic E-state index is 12.5. The van der Waals surface area contributed by atoms with Gasteiger partial charge in [-0.2, -0.15) is 0 Å². The van der Waals surface area contributed by atoms with E-state index in [4.69, 9.17) is 9.47 Å². The van der Waals surface area contributed by atoms with Crippen LogP contribution in [-0.4, -0.2) is 39.4 Å². The third kappa shape index (κ3) is 5.53. The van der Waals surface area contributed by atoms with Crippen LogP contribution in [0, 0.1) is 0 Å². The smallest absolute Gasteiger partial charge is 0.275 e. The molecule has 2 amide bonds. The first kappa shape index (κ1) is 23.0. The number of anilines is 3. The molecule has 1 aromatic heterocycles. The van der Waals surface area contributed by atoms with E-state index in [2.05, 4.69) is 15.6 Å². The van der Waals surface area contributed by atoms with Gasteiger partial charge in [-0.05, 0) is 36.4 Å². The highest BCUT2D eigenvalue weighted by Gasteiger charge is 2.16. The minimum absolute atomic E-state index is 0.0965. The summed E-state index contributed by atoms with van der Waals surface area (Å²) in [5.41, 5.74) is 1.27. The first-order valence-corrected chi connectivity index (χ1v) is 11.5. The van der Waals surface area contributed by atoms with Crippen LogP contribution in [0.25, 0.3) is 0 Å². The number of rotatable bonds is 8. The second-order valence-corrected chi connectivity index (χ2v) is 8.91. The minimum atomic E-state index is -3.94. The summed E-state index contributed by atoms with van der Waals surface area (Å²) in [5.74, 6) is -0.00776. The van der Waals surface area contributed by atoms with E-state index in [0.717, 1.165) is 6.92 Å². The van der Waals surface area contributed by atoms with Gasteiger partial charge >= 0.3 is 0 Å². The van der Waals surface area contributed by atoms with Crippen LogP contribution in [0.5, 0.6) is 11.5 Å². The molecule has 32 heavy (non-hydrogen) atoms. The molecule has 3 rings (SSSR count). The molecule has 12 heteroatoms. The normalized spacial score (nSPS) is 10.8. The average molecular weight is 477 g/mol. The number of hydrogen-bond donors (Lipinski definition) is 3. The second-order valence-electron chi connectivity index (χ2n) is 6.37. The van der Waals surface area contributed by atoms with Gasteiger partial charge in [0.1, 0.15) is 5.69 Å². The molecule has 168 valence electrons. The molecule has 0 aliphatic rings. The molecule has 0 fully saturated rings. The van der Waals surface area contributed by atoms with Gasteiger partial charge in [0.15, 0.2) is 16.6 Å². The Bertz CT molecular complexity index is 1240. The Hall–Kier alpha value is -3.64. The number of amides is 2. The number of sulfonamides is 1. The number of ether oxygens (including phenoxy) is 2. The predicted octanol–water partition coefficient (Wildman–Crippen LogP) is 2.98. The van der Waals surface area contributed by atoms with Crippen molar-refractivity contribution >= 4 is 49.7 Å². The number of hydrogen-bond acceptors (Lipinski definition) is 9. The zero-order valence-electron chi connectivity index (χ0n) is 17.3. The quantitative estimate of drug-likeness (QED) is 0.451. The highest BCUT2D eigenvalue weighted by molar-refractivity contribution is 7.90. The van der Waals surface area contributed by atoms with Crippen LogP contribution in [-0.2, 0) is 14.8 Å². The Morgan fingerprint density at radius 2 is 1.62 bits per heavy atom. The Morgan fingerprint density at radius 1 is 0.969 bits per heavy atom. The van der Waals surface area contributed by atoms with E-state index < -0.39 is 21.8 Å². The molecule has 0 saturated heterocycles. The van der Waals surface area contributed by atoms with Gasteiger partial charge in [-0.1, -0.05) is 0 Å². The molecule has 0 aliphatic heterocycles. The summed E-state index contributed by atoms with van der Waals surface area (Å²) >= 11 is 1.24. The lowest BCUT2D eigenvalue weighted by atomic mass is 10.3. The van der Waals surface area contributed by atoms with E-state index in [-0.39, 0.29) is 10.6 Å². The number of benzene rings is 2. The van der Waals surface area contributed by atoms with Crippen LogP contribution >= 0.6 is 11.3 Å². The maximum Gasteiger partial charge on any atom is 0.275 e. The molecule has 0 atom stereocenters. The average Bonchev–Trinajstić information content (AvgIpc) is 3.22. The maximum atomic E-state index is 12.5. The van der Waals surface area contributed by atoms with E-state index in [0.29, 0.717) is 28.0 Å². The van der Waals surface area contributed by atoms with Gasteiger partial charge in [0, 0.05) is 29.7 Å². The lowest BCUT2D eigenvalue weighted by molar-refractivity contribution is -0.117. The van der Waals surface area contributed by atoms with Gasteiger partial charge in [-0.3, -0.25) is 9.59 Å². The highest BCUT2D eigenvalue weighted by Crippen LogP contribution is 2.31. The summed E-state index contributed by atoms with van der Waals surface area (Å²) in [5, 5.41) is 7.84. The molecule has 0 bridgehead atoms. The monoisotopic (exact) mass is 476 g/mol. The zero-order valence-corrected chi connectivity index (χ0v) is 19.0. The number of nitrogens with zero attached hydrogens (tertiary/aromatic N) is 1. The van der Waals surface area contributed by atoms with Crippen LogP contribution in [0.3, 0.4) is 0 Å². The molecule has 0 radical (unpaired) electrons. The van der Waals surface area contributed by atoms with Crippen molar-refractivity contribution in [3.8, 4) is 11.5 Å². The first-order chi connectivity index (χ1) is 15.2. The van der Waals surface area contributed by atoms with Crippen LogP contribution in [0.4, 0.5) is 16.5 Å². The van der Waals surface area contributed by atoms with E-state index >= 15 is 0 Å². The van der Waals surface area contributed by atoms with Crippen molar-refractivity contribution in [2.24, 2.45) is 0 Å². The van der Waals surface area contributed by atoms with Crippen LogP contribution < -0.4 is 24.8 Å². The fourth-order valence-corrected chi connectivity index (χ4v) is 4.34. The molecular weight excluding hydrogens is 456 g/mol. The number of carbonyl (C=O) groups excluding carboxylic acids is 2. The molecule has 0 saturated carbocycles. The van der Waals surface area contributed by atoms with Crippen molar-refractivity contribution in [1.82, 2.24) is 9.71 Å². The van der Waals surface area contributed by atoms with Crippen LogP contribution in [0.1, 0.15) is 17.4 Å². The van der Waals surface area contributed by atoms with E-state index in [1.165, 1.54) is 42.7 Å². The molecule has 2 aromatic carbocycles. The predicted molar refractivity (Wildman–Crippen MR) is 120 cm³/mol. The first-order valence-electron chi connectivity index (χ1n) is 9.11. The van der Waals surface area contributed by atoms with E-state index in [1.807, 2.05) is 4.72 Å². The number of carbonyl (C=O) groups is 2. The third-order valence-corrected chi connectivity index (χ3v) is 6.28. The minimum Gasteiger partial charge on any atom is -0.493 e. The summed E-state index contributed by atoms with van der Waals surface area (Å²) in [6.07, 6.45) is 0. The third-order valence-electron chi connectivity index (χ3n) is 4.07. The molecule has 1 heterocycles. The molecule has 0 aliphatic carbocycles. The Balaban J connectivity index is 1.67. The summed E-state index contributed by atoms with van der Waals surface area (Å²) in [7, 11) is -0.856. The van der Waals surface area contributed by atoms with Crippen molar-refractivity contribution in [3.05, 3.63) is 53.5 Å². The lowest BCUT2D eigenvalue weighted by Crippen LogP contribution is -2.28. The van der Waals surface area contributed by atoms with Gasteiger partial charge in [0.05, 0.1) is 19.1 Å². The topological polar surface area (TPSA) is 136 Å². The summed E-state index contributed by atoms with van der Waals surface area (Å²) in [6, 6.07) is 10.7. The van der Waals surface area contributed by atoms with Crippen molar-refractivity contribution in [2.75, 3.05) is 24.9 Å². The SMILES string of the molecule is COc1ccc(Nc2nc(C(=O)Nc3ccc(S(=O)(=O)NC(C)=O)cc3)cs2)cc1OC. The number of thiazole rings is 1. The van der Waals surface area contributed by atoms with Crippen molar-refractivity contribution in [1.29, 1.82) is 0 Å². The summed E-state index contributed by atoms with van der Waals surface area (Å²) in [6.45, 7) is 1.11. The highest BCUT2D eigenvalue weighted by atomic mass is 32.2. The Kier molecular flexibility index (Phi) is 6.95. The van der Waals surface area contributed by atoms with Gasteiger partial charge in [-0.15, -0.1) is 11.3 Å². The van der Waals surface area contributed by atoms with E-state index in [1.54, 1.807) is 30.7 Å². The van der Waals surface area contributed by atoms with Gasteiger partial charge in [-0.25, -0.2) is 18.1 Å². The fourth-order valence-electron chi connectivity index (χ4n) is 2.63. The number of aromatic nitrogens is 1.